The summed E-state index contributed by atoms with van der Waals surface area (Å²) in [5, 5.41) is 6.84. The molecule has 3 heterocycles. The Hall–Kier alpha value is -3.94. The van der Waals surface area contributed by atoms with Crippen LogP contribution >= 0.6 is 0 Å². The number of hydrogen-bond donors (Lipinski definition) is 3. The van der Waals surface area contributed by atoms with Crippen LogP contribution in [0.4, 0.5) is 4.79 Å². The van der Waals surface area contributed by atoms with Gasteiger partial charge in [-0.1, -0.05) is 71.9 Å². The smallest absolute Gasteiger partial charge is 0.407 e. The number of fused-ring (bicyclic) bond motifs is 3. The zero-order valence-electron chi connectivity index (χ0n) is 30.7. The van der Waals surface area contributed by atoms with Crippen molar-refractivity contribution in [2.45, 2.75) is 134 Å². The Kier molecular flexibility index (Phi) is 11.0. The minimum Gasteiger partial charge on any atom is -0.472 e. The van der Waals surface area contributed by atoms with Gasteiger partial charge < -0.3 is 25.0 Å². The number of aromatic nitrogens is 1. The number of rotatable bonds is 6. The molecule has 6 rings (SSSR count). The summed E-state index contributed by atoms with van der Waals surface area (Å²) in [7, 11) is -3.85. The lowest BCUT2D eigenvalue weighted by atomic mass is 9.85. The predicted octanol–water partition coefficient (Wildman–Crippen LogP) is 4.51. The highest BCUT2D eigenvalue weighted by Crippen LogP contribution is 2.47. The van der Waals surface area contributed by atoms with E-state index >= 15 is 0 Å². The van der Waals surface area contributed by atoms with Gasteiger partial charge in [0.1, 0.15) is 23.7 Å². The molecule has 2 aliphatic heterocycles. The quantitative estimate of drug-likeness (QED) is 0.385. The summed E-state index contributed by atoms with van der Waals surface area (Å²) in [6, 6.07) is 6.06. The van der Waals surface area contributed by atoms with Crippen molar-refractivity contribution >= 4 is 44.6 Å². The molecule has 4 aliphatic rings. The van der Waals surface area contributed by atoms with Gasteiger partial charge in [-0.2, -0.15) is 0 Å². The molecular weight excluding hydrogens is 687 g/mol. The number of alkyl carbamates (subject to hydrolysis) is 1. The van der Waals surface area contributed by atoms with Gasteiger partial charge in [-0.15, -0.1) is 0 Å². The minimum atomic E-state index is -3.85. The van der Waals surface area contributed by atoms with Crippen LogP contribution in [0.5, 0.6) is 5.88 Å². The fourth-order valence-electron chi connectivity index (χ4n) is 7.54. The van der Waals surface area contributed by atoms with Gasteiger partial charge in [0.15, 0.2) is 0 Å². The van der Waals surface area contributed by atoms with Crippen molar-refractivity contribution in [1.29, 1.82) is 0 Å². The van der Waals surface area contributed by atoms with Crippen LogP contribution in [0.15, 0.2) is 30.5 Å². The Balaban J connectivity index is 1.31. The molecule has 1 saturated heterocycles. The third-order valence-electron chi connectivity index (χ3n) is 10.9. The average molecular weight is 740 g/mol. The van der Waals surface area contributed by atoms with E-state index in [1.165, 1.54) is 10.5 Å². The molecule has 13 nitrogen and oxygen atoms in total. The second-order valence-corrected chi connectivity index (χ2v) is 18.0. The second kappa shape index (κ2) is 15.2. The molecule has 1 unspecified atom stereocenters. The number of hydrogen-bond acceptors (Lipinski definition) is 9. The molecule has 0 radical (unpaired) electrons. The van der Waals surface area contributed by atoms with E-state index in [9.17, 15) is 27.6 Å². The van der Waals surface area contributed by atoms with Gasteiger partial charge in [-0.3, -0.25) is 19.1 Å². The van der Waals surface area contributed by atoms with Gasteiger partial charge in [0.05, 0.1) is 18.4 Å². The van der Waals surface area contributed by atoms with E-state index in [0.717, 1.165) is 49.3 Å². The van der Waals surface area contributed by atoms with E-state index in [1.54, 1.807) is 6.20 Å². The molecule has 284 valence electrons. The highest BCUT2D eigenvalue weighted by atomic mass is 32.2. The summed E-state index contributed by atoms with van der Waals surface area (Å²) >= 11 is 0. The highest BCUT2D eigenvalue weighted by molar-refractivity contribution is 7.91. The molecule has 14 heteroatoms. The Labute approximate surface area is 306 Å². The number of nitrogens with zero attached hydrogens (tertiary/aromatic N) is 2. The number of nitrogens with one attached hydrogen (secondary N) is 3. The van der Waals surface area contributed by atoms with Gasteiger partial charge in [-0.25, -0.2) is 18.2 Å². The van der Waals surface area contributed by atoms with E-state index in [2.05, 4.69) is 38.5 Å². The molecule has 3 fully saturated rings. The standard InChI is InChI=1S/C38H53N5O8S/c1-5-26-22-38(26,35(46)42-52(48,49)28-15-16-28)41-32(44)30-21-27-23-43(30)34(45)31(37(2,3)4)40-36(47)50-19-11-9-7-6-8-10-12-24-13-14-25-17-18-39-33(51-27)29(25)20-24/h13-14,17-18,20,26-28,30-31H,5-12,15-16,19,21-23H2,1-4H3,(H,40,47)(H,41,44)(H,42,46)/t26?,27-,30+,31-,38-/m1/s1. The van der Waals surface area contributed by atoms with Crippen LogP contribution in [-0.2, 0) is 35.6 Å². The Morgan fingerprint density at radius 3 is 2.48 bits per heavy atom. The fraction of sp³-hybridized carbons (Fsp3) is 0.658. The fourth-order valence-corrected chi connectivity index (χ4v) is 8.91. The summed E-state index contributed by atoms with van der Waals surface area (Å²) < 4.78 is 39.7. The maximum absolute atomic E-state index is 14.5. The molecule has 2 aromatic rings. The number of carbonyl (C=O) groups excluding carboxylic acids is 4. The number of amides is 4. The first-order valence-corrected chi connectivity index (χ1v) is 20.4. The molecule has 5 atom stereocenters. The monoisotopic (exact) mass is 739 g/mol. The second-order valence-electron chi connectivity index (χ2n) is 16.0. The Morgan fingerprint density at radius 2 is 1.79 bits per heavy atom. The zero-order valence-corrected chi connectivity index (χ0v) is 31.6. The minimum absolute atomic E-state index is 0.0183. The highest BCUT2D eigenvalue weighted by Gasteiger charge is 2.62. The number of aryl methyl sites for hydroxylation is 1. The predicted molar refractivity (Wildman–Crippen MR) is 195 cm³/mol. The van der Waals surface area contributed by atoms with Crippen LogP contribution in [0.3, 0.4) is 0 Å². The van der Waals surface area contributed by atoms with E-state index < -0.39 is 68.2 Å². The lowest BCUT2D eigenvalue weighted by molar-refractivity contribution is -0.143. The van der Waals surface area contributed by atoms with Crippen LogP contribution in [0.2, 0.25) is 0 Å². The first kappa shape index (κ1) is 37.8. The van der Waals surface area contributed by atoms with Gasteiger partial charge in [0, 0.05) is 18.0 Å². The number of sulfonamides is 1. The molecule has 52 heavy (non-hydrogen) atoms. The van der Waals surface area contributed by atoms with Gasteiger partial charge in [0.2, 0.25) is 27.7 Å². The largest absolute Gasteiger partial charge is 0.472 e. The van der Waals surface area contributed by atoms with Crippen molar-refractivity contribution in [2.24, 2.45) is 11.3 Å². The SMILES string of the molecule is CCC1C[C@]1(NC(=O)[C@@H]1C[C@@H]2CN1C(=O)[C@H](C(C)(C)C)NC(=O)OCCCCCCCCc1ccc3ccnc(c3c1)O2)C(=O)NS(=O)(=O)C1CC1. The molecule has 2 aliphatic carbocycles. The van der Waals surface area contributed by atoms with E-state index in [1.807, 2.05) is 33.8 Å². The molecule has 4 bridgehead atoms. The molecule has 1 aromatic carbocycles. The van der Waals surface area contributed by atoms with Crippen LogP contribution in [0.1, 0.15) is 104 Å². The third-order valence-corrected chi connectivity index (χ3v) is 12.8. The number of pyridine rings is 1. The molecule has 3 N–H and O–H groups in total. The maximum atomic E-state index is 14.5. The normalized spacial score (nSPS) is 27.9. The molecule has 2 saturated carbocycles. The van der Waals surface area contributed by atoms with Crippen molar-refractivity contribution in [3.8, 4) is 5.88 Å². The topological polar surface area (TPSA) is 173 Å². The molecule has 0 spiro atoms. The lowest BCUT2D eigenvalue weighted by Crippen LogP contribution is -2.60. The number of carbonyl (C=O) groups is 4. The summed E-state index contributed by atoms with van der Waals surface area (Å²) in [6.45, 7) is 7.59. The van der Waals surface area contributed by atoms with Crippen LogP contribution in [0.25, 0.3) is 10.8 Å². The van der Waals surface area contributed by atoms with E-state index in [0.29, 0.717) is 31.6 Å². The zero-order chi connectivity index (χ0) is 37.3. The van der Waals surface area contributed by atoms with Crippen LogP contribution < -0.4 is 20.1 Å². The Bertz CT molecular complexity index is 1790. The summed E-state index contributed by atoms with van der Waals surface area (Å²) in [6.07, 6.45) is 9.00. The molecule has 1 aromatic heterocycles. The van der Waals surface area contributed by atoms with Crippen molar-refractivity contribution in [3.05, 3.63) is 36.0 Å². The third kappa shape index (κ3) is 8.47. The average Bonchev–Trinajstić information content (AvgIpc) is 4.02. The van der Waals surface area contributed by atoms with Crippen LogP contribution in [-0.4, -0.2) is 84.2 Å². The first-order chi connectivity index (χ1) is 24.7. The summed E-state index contributed by atoms with van der Waals surface area (Å²) in [5.74, 6) is -1.71. The van der Waals surface area contributed by atoms with Gasteiger partial charge >= 0.3 is 6.09 Å². The van der Waals surface area contributed by atoms with E-state index in [4.69, 9.17) is 9.47 Å². The van der Waals surface area contributed by atoms with Gasteiger partial charge in [-0.05, 0) is 72.9 Å². The van der Waals surface area contributed by atoms with E-state index in [-0.39, 0.29) is 31.9 Å². The molecular formula is C38H53N5O8S. The van der Waals surface area contributed by atoms with Crippen molar-refractivity contribution in [1.82, 2.24) is 25.2 Å². The summed E-state index contributed by atoms with van der Waals surface area (Å²) in [4.78, 5) is 61.3. The number of ether oxygens (including phenoxy) is 2. The molecule has 4 amide bonds. The van der Waals surface area contributed by atoms with Crippen molar-refractivity contribution < 1.29 is 37.1 Å². The lowest BCUT2D eigenvalue weighted by Gasteiger charge is -2.35. The Morgan fingerprint density at radius 1 is 1.06 bits per heavy atom. The maximum Gasteiger partial charge on any atom is 0.407 e. The van der Waals surface area contributed by atoms with Crippen molar-refractivity contribution in [3.63, 3.8) is 0 Å². The van der Waals surface area contributed by atoms with Gasteiger partial charge in [0.25, 0.3) is 5.91 Å². The van der Waals surface area contributed by atoms with Crippen molar-refractivity contribution in [2.75, 3.05) is 13.2 Å². The first-order valence-electron chi connectivity index (χ1n) is 18.9. The van der Waals surface area contributed by atoms with Crippen LogP contribution in [0, 0.1) is 11.3 Å². The summed E-state index contributed by atoms with van der Waals surface area (Å²) in [5.41, 5.74) is -1.01. The number of benzene rings is 1. The number of cyclic esters (lactones) is 1.